The molecule has 4 atom stereocenters. The molecule has 0 aromatic carbocycles. The monoisotopic (exact) mass is 288 g/mol. The quantitative estimate of drug-likeness (QED) is 0.619. The highest BCUT2D eigenvalue weighted by Gasteiger charge is 2.25. The largest absolute Gasteiger partial charge is 0.481 e. The Kier molecular flexibility index (Phi) is 6.01. The van der Waals surface area contributed by atoms with E-state index in [2.05, 4.69) is 10.6 Å². The van der Waals surface area contributed by atoms with E-state index in [4.69, 9.17) is 5.11 Å². The van der Waals surface area contributed by atoms with Gasteiger partial charge >= 0.3 is 12.0 Å². The van der Waals surface area contributed by atoms with E-state index in [1.807, 2.05) is 6.92 Å². The minimum absolute atomic E-state index is 0.0652. The summed E-state index contributed by atoms with van der Waals surface area (Å²) in [6, 6.07) is -0.631. The molecule has 0 aromatic rings. The van der Waals surface area contributed by atoms with E-state index in [0.29, 0.717) is 18.6 Å². The van der Waals surface area contributed by atoms with Gasteiger partial charge in [-0.3, -0.25) is 9.00 Å². The van der Waals surface area contributed by atoms with E-state index >= 15 is 0 Å². The standard InChI is InChI=1S/C12H20N2O4S/c1-8(5-6-19(2)18)13-12(17)14-10-4-3-9(7-10)11(15)16/h3-4,8-10H,5-7H2,1-2H3,(H,15,16)(H2,13,14,17). The van der Waals surface area contributed by atoms with Crippen LogP contribution in [0.4, 0.5) is 4.79 Å². The van der Waals surface area contributed by atoms with E-state index < -0.39 is 22.7 Å². The summed E-state index contributed by atoms with van der Waals surface area (Å²) >= 11 is 0. The van der Waals surface area contributed by atoms with Crippen LogP contribution >= 0.6 is 0 Å². The summed E-state index contributed by atoms with van der Waals surface area (Å²) < 4.78 is 10.9. The van der Waals surface area contributed by atoms with Crippen molar-refractivity contribution in [3.8, 4) is 0 Å². The average Bonchev–Trinajstić information content (AvgIpc) is 2.74. The Labute approximate surface area is 115 Å². The van der Waals surface area contributed by atoms with Crippen LogP contribution in [0, 0.1) is 5.92 Å². The highest BCUT2D eigenvalue weighted by atomic mass is 32.2. The first kappa shape index (κ1) is 15.7. The van der Waals surface area contributed by atoms with Crippen molar-refractivity contribution in [1.29, 1.82) is 0 Å². The van der Waals surface area contributed by atoms with Crippen molar-refractivity contribution in [2.75, 3.05) is 12.0 Å². The number of nitrogens with one attached hydrogen (secondary N) is 2. The summed E-state index contributed by atoms with van der Waals surface area (Å²) in [7, 11) is -0.863. The number of carboxylic acids is 1. The molecule has 2 amide bonds. The number of carbonyl (C=O) groups is 2. The molecular weight excluding hydrogens is 268 g/mol. The van der Waals surface area contributed by atoms with Gasteiger partial charge in [0.05, 0.1) is 12.0 Å². The second-order valence-corrected chi connectivity index (χ2v) is 6.31. The molecule has 108 valence electrons. The molecular formula is C12H20N2O4S. The van der Waals surface area contributed by atoms with Crippen molar-refractivity contribution in [2.45, 2.75) is 31.8 Å². The molecule has 6 nitrogen and oxygen atoms in total. The first-order valence-electron chi connectivity index (χ1n) is 6.16. The molecule has 0 aliphatic heterocycles. The third-order valence-electron chi connectivity index (χ3n) is 2.93. The van der Waals surface area contributed by atoms with Gasteiger partial charge in [-0.2, -0.15) is 0 Å². The predicted molar refractivity (Wildman–Crippen MR) is 73.4 cm³/mol. The van der Waals surface area contributed by atoms with Crippen molar-refractivity contribution in [3.63, 3.8) is 0 Å². The van der Waals surface area contributed by atoms with Crippen LogP contribution in [-0.4, -0.2) is 45.4 Å². The van der Waals surface area contributed by atoms with Gasteiger partial charge < -0.3 is 15.7 Å². The van der Waals surface area contributed by atoms with Crippen molar-refractivity contribution in [2.24, 2.45) is 5.92 Å². The summed E-state index contributed by atoms with van der Waals surface area (Å²) in [6.07, 6.45) is 5.95. The molecule has 1 rings (SSSR count). The molecule has 0 saturated heterocycles. The van der Waals surface area contributed by atoms with Crippen LogP contribution in [0.3, 0.4) is 0 Å². The second kappa shape index (κ2) is 7.28. The maximum atomic E-state index is 11.7. The highest BCUT2D eigenvalue weighted by molar-refractivity contribution is 7.84. The van der Waals surface area contributed by atoms with Gasteiger partial charge in [-0.1, -0.05) is 12.2 Å². The van der Waals surface area contributed by atoms with E-state index in [-0.39, 0.29) is 18.1 Å². The lowest BCUT2D eigenvalue weighted by Gasteiger charge is -2.17. The van der Waals surface area contributed by atoms with Crippen LogP contribution in [0.2, 0.25) is 0 Å². The molecule has 3 N–H and O–H groups in total. The minimum atomic E-state index is -0.875. The van der Waals surface area contributed by atoms with Crippen LogP contribution in [0.5, 0.6) is 0 Å². The molecule has 0 radical (unpaired) electrons. The van der Waals surface area contributed by atoms with Crippen molar-refractivity contribution >= 4 is 22.8 Å². The van der Waals surface area contributed by atoms with Gasteiger partial charge in [-0.15, -0.1) is 0 Å². The van der Waals surface area contributed by atoms with E-state index in [1.165, 1.54) is 0 Å². The van der Waals surface area contributed by atoms with Crippen LogP contribution < -0.4 is 10.6 Å². The van der Waals surface area contributed by atoms with Gasteiger partial charge in [0.15, 0.2) is 0 Å². The van der Waals surface area contributed by atoms with Crippen LogP contribution in [0.25, 0.3) is 0 Å². The summed E-state index contributed by atoms with van der Waals surface area (Å²) in [6.45, 7) is 1.84. The van der Waals surface area contributed by atoms with E-state index in [0.717, 1.165) is 0 Å². The molecule has 0 fully saturated rings. The molecule has 1 aliphatic rings. The van der Waals surface area contributed by atoms with Gasteiger partial charge in [-0.05, 0) is 19.8 Å². The van der Waals surface area contributed by atoms with Crippen LogP contribution in [-0.2, 0) is 15.6 Å². The van der Waals surface area contributed by atoms with Crippen LogP contribution in [0.15, 0.2) is 12.2 Å². The smallest absolute Gasteiger partial charge is 0.315 e. The third-order valence-corrected chi connectivity index (χ3v) is 3.74. The number of rotatable bonds is 6. The highest BCUT2D eigenvalue weighted by Crippen LogP contribution is 2.17. The number of carbonyl (C=O) groups excluding carboxylic acids is 1. The topological polar surface area (TPSA) is 95.5 Å². The Bertz CT molecular complexity index is 397. The fourth-order valence-corrected chi connectivity index (χ4v) is 2.52. The summed E-state index contributed by atoms with van der Waals surface area (Å²) in [5.41, 5.74) is 0. The lowest BCUT2D eigenvalue weighted by atomic mass is 10.1. The lowest BCUT2D eigenvalue weighted by molar-refractivity contribution is -0.140. The summed E-state index contributed by atoms with van der Waals surface area (Å²) in [5, 5.41) is 14.3. The molecule has 0 heterocycles. The van der Waals surface area contributed by atoms with Gasteiger partial charge in [0.2, 0.25) is 0 Å². The second-order valence-electron chi connectivity index (χ2n) is 4.76. The maximum Gasteiger partial charge on any atom is 0.315 e. The van der Waals surface area contributed by atoms with Gasteiger partial charge in [-0.25, -0.2) is 4.79 Å². The molecule has 7 heteroatoms. The number of urea groups is 1. The van der Waals surface area contributed by atoms with Gasteiger partial charge in [0, 0.05) is 28.9 Å². The number of amides is 2. The number of carboxylic acid groups (broad SMARTS) is 1. The number of aliphatic carboxylic acids is 1. The summed E-state index contributed by atoms with van der Waals surface area (Å²) in [4.78, 5) is 22.4. The normalized spacial score (nSPS) is 24.7. The first-order chi connectivity index (χ1) is 8.88. The molecule has 0 spiro atoms. The SMILES string of the molecule is CC(CCS(C)=O)NC(=O)NC1C=CC(C(=O)O)C1. The minimum Gasteiger partial charge on any atom is -0.481 e. The van der Waals surface area contributed by atoms with Gasteiger partial charge in [0.25, 0.3) is 0 Å². The van der Waals surface area contributed by atoms with Crippen LogP contribution in [0.1, 0.15) is 19.8 Å². The molecule has 0 bridgehead atoms. The Morgan fingerprint density at radius 2 is 2.16 bits per heavy atom. The maximum absolute atomic E-state index is 11.7. The Balaban J connectivity index is 2.27. The van der Waals surface area contributed by atoms with E-state index in [9.17, 15) is 13.8 Å². The Hall–Kier alpha value is -1.37. The zero-order valence-electron chi connectivity index (χ0n) is 11.1. The number of hydrogen-bond acceptors (Lipinski definition) is 3. The van der Waals surface area contributed by atoms with Crippen molar-refractivity contribution in [1.82, 2.24) is 10.6 Å². The van der Waals surface area contributed by atoms with Crippen molar-refractivity contribution < 1.29 is 18.9 Å². The predicted octanol–water partition coefficient (Wildman–Crippen LogP) is 0.472. The zero-order chi connectivity index (χ0) is 14.4. The fraction of sp³-hybridized carbons (Fsp3) is 0.667. The van der Waals surface area contributed by atoms with Crippen molar-refractivity contribution in [3.05, 3.63) is 12.2 Å². The molecule has 0 saturated carbocycles. The molecule has 19 heavy (non-hydrogen) atoms. The van der Waals surface area contributed by atoms with E-state index in [1.54, 1.807) is 18.4 Å². The third kappa shape index (κ3) is 5.87. The molecule has 0 aromatic heterocycles. The first-order valence-corrected chi connectivity index (χ1v) is 7.89. The van der Waals surface area contributed by atoms with Gasteiger partial charge in [0.1, 0.15) is 0 Å². The average molecular weight is 288 g/mol. The molecule has 1 aliphatic carbocycles. The summed E-state index contributed by atoms with van der Waals surface area (Å²) in [5.74, 6) is -0.851. The Morgan fingerprint density at radius 1 is 1.47 bits per heavy atom. The fourth-order valence-electron chi connectivity index (χ4n) is 1.84. The number of hydrogen-bond donors (Lipinski definition) is 3. The zero-order valence-corrected chi connectivity index (χ0v) is 11.9. The Morgan fingerprint density at radius 3 is 2.68 bits per heavy atom. The molecule has 4 unspecified atom stereocenters. The lowest BCUT2D eigenvalue weighted by Crippen LogP contribution is -2.45.